The van der Waals surface area contributed by atoms with Crippen LogP contribution >= 0.6 is 0 Å². The zero-order valence-electron chi connectivity index (χ0n) is 17.4. The summed E-state index contributed by atoms with van der Waals surface area (Å²) in [6, 6.07) is 18.6. The molecular weight excluding hydrogens is 410 g/mol. The lowest BCUT2D eigenvalue weighted by molar-refractivity contribution is -0.120. The average molecular weight is 438 g/mol. The monoisotopic (exact) mass is 437 g/mol. The summed E-state index contributed by atoms with van der Waals surface area (Å²) in [6.07, 6.45) is 7.11. The Labute approximate surface area is 183 Å². The molecule has 0 radical (unpaired) electrons. The molecule has 0 atom stereocenters. The maximum Gasteiger partial charge on any atom is 0.243 e. The number of rotatable bonds is 7. The highest BCUT2D eigenvalue weighted by molar-refractivity contribution is 7.89. The van der Waals surface area contributed by atoms with E-state index in [0.29, 0.717) is 24.5 Å². The van der Waals surface area contributed by atoms with Crippen LogP contribution in [0.15, 0.2) is 78.0 Å². The van der Waals surface area contributed by atoms with Crippen molar-refractivity contribution < 1.29 is 13.2 Å². The summed E-state index contributed by atoms with van der Waals surface area (Å²) in [5.41, 5.74) is 2.74. The molecule has 0 aliphatic carbocycles. The van der Waals surface area contributed by atoms with Gasteiger partial charge in [0, 0.05) is 37.7 Å². The van der Waals surface area contributed by atoms with E-state index in [-0.39, 0.29) is 12.3 Å². The number of amides is 1. The summed E-state index contributed by atoms with van der Waals surface area (Å²) in [5.74, 6) is -0.0991. The first-order chi connectivity index (χ1) is 15.0. The van der Waals surface area contributed by atoms with Crippen LogP contribution < -0.4 is 5.32 Å². The maximum absolute atomic E-state index is 12.9. The molecule has 4 rings (SSSR count). The molecular formula is C24H27N3O3S. The van der Waals surface area contributed by atoms with Gasteiger partial charge in [0.15, 0.2) is 0 Å². The third kappa shape index (κ3) is 5.24. The molecule has 1 amide bonds. The van der Waals surface area contributed by atoms with Crippen molar-refractivity contribution in [3.8, 4) is 5.69 Å². The summed E-state index contributed by atoms with van der Waals surface area (Å²) in [6.45, 7) is 1.45. The topological polar surface area (TPSA) is 71.4 Å². The van der Waals surface area contributed by atoms with Gasteiger partial charge < -0.3 is 9.88 Å². The van der Waals surface area contributed by atoms with Gasteiger partial charge in [0.2, 0.25) is 15.9 Å². The lowest BCUT2D eigenvalue weighted by Gasteiger charge is -2.26. The molecule has 0 saturated carbocycles. The second kappa shape index (κ2) is 9.49. The Morgan fingerprint density at radius 3 is 2.29 bits per heavy atom. The van der Waals surface area contributed by atoms with Crippen molar-refractivity contribution >= 4 is 15.9 Å². The lowest BCUT2D eigenvalue weighted by atomic mass is 10.1. The molecule has 3 aromatic rings. The number of aromatic nitrogens is 1. The lowest BCUT2D eigenvalue weighted by Crippen LogP contribution is -2.35. The van der Waals surface area contributed by atoms with E-state index in [2.05, 4.69) is 5.32 Å². The second-order valence-corrected chi connectivity index (χ2v) is 9.76. The van der Waals surface area contributed by atoms with Gasteiger partial charge in [-0.1, -0.05) is 30.7 Å². The fourth-order valence-corrected chi connectivity index (χ4v) is 5.40. The van der Waals surface area contributed by atoms with Crippen LogP contribution in [-0.2, 0) is 27.8 Å². The van der Waals surface area contributed by atoms with Crippen molar-refractivity contribution in [3.63, 3.8) is 0 Å². The molecule has 1 saturated heterocycles. The van der Waals surface area contributed by atoms with Crippen LogP contribution in [0.4, 0.5) is 0 Å². The summed E-state index contributed by atoms with van der Waals surface area (Å²) in [7, 11) is -3.48. The van der Waals surface area contributed by atoms with Gasteiger partial charge >= 0.3 is 0 Å². The standard InChI is InChI=1S/C24H27N3O3S/c28-24(18-20-9-11-22(12-10-20)26-13-4-5-14-26)25-19-21-7-6-8-23(17-21)31(29,30)27-15-2-1-3-16-27/h4-14,17H,1-3,15-16,18-19H2,(H,25,28). The van der Waals surface area contributed by atoms with E-state index in [9.17, 15) is 13.2 Å². The van der Waals surface area contributed by atoms with Crippen molar-refractivity contribution in [1.82, 2.24) is 14.2 Å². The van der Waals surface area contributed by atoms with E-state index in [1.54, 1.807) is 22.5 Å². The first-order valence-electron chi connectivity index (χ1n) is 10.6. The molecule has 2 heterocycles. The third-order valence-electron chi connectivity index (χ3n) is 5.54. The Kier molecular flexibility index (Phi) is 6.53. The van der Waals surface area contributed by atoms with Crippen LogP contribution in [0.2, 0.25) is 0 Å². The van der Waals surface area contributed by atoms with E-state index < -0.39 is 10.0 Å². The summed E-state index contributed by atoms with van der Waals surface area (Å²) in [4.78, 5) is 12.7. The molecule has 6 nitrogen and oxygen atoms in total. The highest BCUT2D eigenvalue weighted by Gasteiger charge is 2.25. The molecule has 1 fully saturated rings. The number of hydrogen-bond donors (Lipinski definition) is 1. The van der Waals surface area contributed by atoms with E-state index >= 15 is 0 Å². The fraction of sp³-hybridized carbons (Fsp3) is 0.292. The molecule has 7 heteroatoms. The fourth-order valence-electron chi connectivity index (χ4n) is 3.81. The molecule has 2 aromatic carbocycles. The highest BCUT2D eigenvalue weighted by atomic mass is 32.2. The number of sulfonamides is 1. The summed E-state index contributed by atoms with van der Waals surface area (Å²) in [5, 5.41) is 2.90. The van der Waals surface area contributed by atoms with Crippen LogP contribution in [0.5, 0.6) is 0 Å². The zero-order valence-corrected chi connectivity index (χ0v) is 18.2. The van der Waals surface area contributed by atoms with Gasteiger partial charge in [-0.15, -0.1) is 0 Å². The summed E-state index contributed by atoms with van der Waals surface area (Å²) < 4.78 is 29.3. The number of benzene rings is 2. The Hall–Kier alpha value is -2.90. The van der Waals surface area contributed by atoms with Gasteiger partial charge in [0.25, 0.3) is 0 Å². The van der Waals surface area contributed by atoms with Crippen LogP contribution in [0, 0.1) is 0 Å². The Morgan fingerprint density at radius 2 is 1.58 bits per heavy atom. The minimum absolute atomic E-state index is 0.0991. The van der Waals surface area contributed by atoms with Crippen molar-refractivity contribution in [2.75, 3.05) is 13.1 Å². The second-order valence-electron chi connectivity index (χ2n) is 7.82. The third-order valence-corrected chi connectivity index (χ3v) is 7.44. The van der Waals surface area contributed by atoms with Gasteiger partial charge in [-0.05, 0) is 60.4 Å². The number of piperidine rings is 1. The molecule has 0 spiro atoms. The van der Waals surface area contributed by atoms with Crippen LogP contribution in [0.1, 0.15) is 30.4 Å². The molecule has 0 bridgehead atoms. The number of carbonyl (C=O) groups excluding carboxylic acids is 1. The predicted molar refractivity (Wildman–Crippen MR) is 120 cm³/mol. The number of nitrogens with one attached hydrogen (secondary N) is 1. The number of nitrogens with zero attached hydrogens (tertiary/aromatic N) is 2. The summed E-state index contributed by atoms with van der Waals surface area (Å²) >= 11 is 0. The van der Waals surface area contributed by atoms with Gasteiger partial charge in [0.1, 0.15) is 0 Å². The van der Waals surface area contributed by atoms with Crippen LogP contribution in [-0.4, -0.2) is 36.3 Å². The van der Waals surface area contributed by atoms with E-state index in [0.717, 1.165) is 36.1 Å². The Balaban J connectivity index is 1.35. The van der Waals surface area contributed by atoms with Crippen LogP contribution in [0.25, 0.3) is 5.69 Å². The predicted octanol–water partition coefficient (Wildman–Crippen LogP) is 3.51. The van der Waals surface area contributed by atoms with Gasteiger partial charge in [-0.25, -0.2) is 8.42 Å². The first-order valence-corrected chi connectivity index (χ1v) is 12.0. The van der Waals surface area contributed by atoms with Crippen molar-refractivity contribution in [2.45, 2.75) is 37.1 Å². The molecule has 0 unspecified atom stereocenters. The van der Waals surface area contributed by atoms with E-state index in [1.165, 1.54) is 0 Å². The van der Waals surface area contributed by atoms with E-state index in [4.69, 9.17) is 0 Å². The highest BCUT2D eigenvalue weighted by Crippen LogP contribution is 2.21. The molecule has 162 valence electrons. The quantitative estimate of drug-likeness (QED) is 0.615. The molecule has 1 aromatic heterocycles. The van der Waals surface area contributed by atoms with Gasteiger partial charge in [0.05, 0.1) is 11.3 Å². The Bertz CT molecular complexity index is 1120. The largest absolute Gasteiger partial charge is 0.352 e. The van der Waals surface area contributed by atoms with Crippen molar-refractivity contribution in [3.05, 3.63) is 84.2 Å². The maximum atomic E-state index is 12.9. The first kappa shape index (κ1) is 21.3. The smallest absolute Gasteiger partial charge is 0.243 e. The van der Waals surface area contributed by atoms with Gasteiger partial charge in [-0.3, -0.25) is 4.79 Å². The zero-order chi connectivity index (χ0) is 21.7. The molecule has 1 aliphatic rings. The molecule has 31 heavy (non-hydrogen) atoms. The normalized spacial score (nSPS) is 15.0. The SMILES string of the molecule is O=C(Cc1ccc(-n2cccc2)cc1)NCc1cccc(S(=O)(=O)N2CCCCC2)c1. The minimum Gasteiger partial charge on any atom is -0.352 e. The molecule has 1 N–H and O–H groups in total. The Morgan fingerprint density at radius 1 is 0.871 bits per heavy atom. The van der Waals surface area contributed by atoms with Crippen molar-refractivity contribution in [2.24, 2.45) is 0 Å². The van der Waals surface area contributed by atoms with Crippen molar-refractivity contribution in [1.29, 1.82) is 0 Å². The number of carbonyl (C=O) groups is 1. The average Bonchev–Trinajstić information content (AvgIpc) is 3.34. The van der Waals surface area contributed by atoms with E-state index in [1.807, 2.05) is 59.4 Å². The molecule has 1 aliphatic heterocycles. The van der Waals surface area contributed by atoms with Crippen LogP contribution in [0.3, 0.4) is 0 Å². The van der Waals surface area contributed by atoms with Gasteiger partial charge in [-0.2, -0.15) is 4.31 Å². The minimum atomic E-state index is -3.48. The number of hydrogen-bond acceptors (Lipinski definition) is 3.